The van der Waals surface area contributed by atoms with Gasteiger partial charge in [0.2, 0.25) is 9.84 Å². The van der Waals surface area contributed by atoms with Crippen LogP contribution in [0.2, 0.25) is 0 Å². The predicted molar refractivity (Wildman–Crippen MR) is 97.1 cm³/mol. The Morgan fingerprint density at radius 1 is 1.08 bits per heavy atom. The van der Waals surface area contributed by atoms with Gasteiger partial charge in [-0.2, -0.15) is 0 Å². The molecule has 26 heavy (non-hydrogen) atoms. The third-order valence-corrected chi connectivity index (χ3v) is 6.74. The number of carbonyl (C=O) groups excluding carboxylic acids is 1. The molecule has 2 atom stereocenters. The molecule has 2 aliphatic rings. The van der Waals surface area contributed by atoms with Crippen molar-refractivity contribution in [2.24, 2.45) is 0 Å². The number of fused-ring (bicyclic) bond motifs is 1. The fraction of sp³-hybridized carbons (Fsp3) is 0.250. The molecule has 0 unspecified atom stereocenters. The first kappa shape index (κ1) is 16.8. The summed E-state index contributed by atoms with van der Waals surface area (Å²) in [7, 11) is -3.57. The van der Waals surface area contributed by atoms with Crippen LogP contribution in [0.1, 0.15) is 17.5 Å². The van der Waals surface area contributed by atoms with Crippen molar-refractivity contribution >= 4 is 15.9 Å². The molecule has 2 aromatic rings. The summed E-state index contributed by atoms with van der Waals surface area (Å²) in [5.74, 6) is 0. The number of carbonyl (C=O) groups is 1. The van der Waals surface area contributed by atoms with Crippen molar-refractivity contribution in [2.45, 2.75) is 36.9 Å². The first-order chi connectivity index (χ1) is 12.4. The van der Waals surface area contributed by atoms with Gasteiger partial charge in [0.15, 0.2) is 0 Å². The van der Waals surface area contributed by atoms with Gasteiger partial charge < -0.3 is 4.74 Å². The Balaban J connectivity index is 1.61. The number of ether oxygens (including phenoxy) is 1. The van der Waals surface area contributed by atoms with Gasteiger partial charge in [0.1, 0.15) is 6.10 Å². The molecule has 5 nitrogen and oxygen atoms in total. The summed E-state index contributed by atoms with van der Waals surface area (Å²) in [5.41, 5.74) is 1.98. The molecular weight excluding hydrogens is 350 g/mol. The third kappa shape index (κ3) is 2.90. The zero-order chi connectivity index (χ0) is 18.3. The quantitative estimate of drug-likeness (QED) is 0.828. The van der Waals surface area contributed by atoms with Crippen LogP contribution in [0.3, 0.4) is 0 Å². The molecule has 0 radical (unpaired) electrons. The molecule has 1 saturated heterocycles. The van der Waals surface area contributed by atoms with E-state index in [0.717, 1.165) is 11.1 Å². The predicted octanol–water partition coefficient (Wildman–Crippen LogP) is 3.45. The summed E-state index contributed by atoms with van der Waals surface area (Å²) in [6.45, 7) is 2.31. The summed E-state index contributed by atoms with van der Waals surface area (Å²) in [6.07, 6.45) is 1.05. The van der Waals surface area contributed by atoms with Crippen molar-refractivity contribution in [1.82, 2.24) is 4.90 Å². The van der Waals surface area contributed by atoms with E-state index >= 15 is 0 Å². The Morgan fingerprint density at radius 3 is 2.46 bits per heavy atom. The second-order valence-corrected chi connectivity index (χ2v) is 8.68. The van der Waals surface area contributed by atoms with Gasteiger partial charge in [-0.05, 0) is 30.7 Å². The Labute approximate surface area is 152 Å². The third-order valence-electron chi connectivity index (χ3n) is 4.86. The summed E-state index contributed by atoms with van der Waals surface area (Å²) >= 11 is 0. The molecule has 1 amide bonds. The highest BCUT2D eigenvalue weighted by molar-refractivity contribution is 7.95. The highest BCUT2D eigenvalue weighted by Crippen LogP contribution is 2.37. The lowest BCUT2D eigenvalue weighted by molar-refractivity contribution is 0.132. The molecule has 0 bridgehead atoms. The first-order valence-corrected chi connectivity index (χ1v) is 9.97. The van der Waals surface area contributed by atoms with Crippen molar-refractivity contribution < 1.29 is 17.9 Å². The maximum atomic E-state index is 12.9. The minimum atomic E-state index is -3.57. The van der Waals surface area contributed by atoms with Crippen LogP contribution < -0.4 is 0 Å². The number of amides is 1. The van der Waals surface area contributed by atoms with E-state index in [1.165, 1.54) is 0 Å². The average molecular weight is 369 g/mol. The van der Waals surface area contributed by atoms with E-state index in [2.05, 4.69) is 0 Å². The van der Waals surface area contributed by atoms with Gasteiger partial charge in [0.05, 0.1) is 15.8 Å². The number of hydrogen-bond acceptors (Lipinski definition) is 4. The molecule has 0 aromatic heterocycles. The number of sulfone groups is 1. The molecule has 134 valence electrons. The van der Waals surface area contributed by atoms with Crippen LogP contribution in [-0.2, 0) is 21.1 Å². The molecule has 6 heteroatoms. The number of rotatable bonds is 4. The molecule has 1 heterocycles. The SMILES string of the molecule is Cc1ccc(S(=O)(=O)C2=C[C@H]3[C@@H](C2)OC(=O)N3Cc2ccccc2)cc1. The van der Waals surface area contributed by atoms with Gasteiger partial charge in [-0.3, -0.25) is 4.90 Å². The van der Waals surface area contributed by atoms with Crippen molar-refractivity contribution in [2.75, 3.05) is 0 Å². The number of nitrogens with zero attached hydrogens (tertiary/aromatic N) is 1. The van der Waals surface area contributed by atoms with Crippen LogP contribution in [0.15, 0.2) is 70.5 Å². The zero-order valence-corrected chi connectivity index (χ0v) is 15.1. The Bertz CT molecular complexity index is 965. The van der Waals surface area contributed by atoms with Gasteiger partial charge >= 0.3 is 6.09 Å². The van der Waals surface area contributed by atoms with Crippen LogP contribution in [0.5, 0.6) is 0 Å². The summed E-state index contributed by atoms with van der Waals surface area (Å²) in [5, 5.41) is 0. The van der Waals surface area contributed by atoms with E-state index in [4.69, 9.17) is 4.74 Å². The monoisotopic (exact) mass is 369 g/mol. The Hall–Kier alpha value is -2.60. The van der Waals surface area contributed by atoms with E-state index < -0.39 is 22.0 Å². The molecule has 2 aromatic carbocycles. The molecule has 0 N–H and O–H groups in total. The second kappa shape index (κ2) is 6.29. The van der Waals surface area contributed by atoms with Gasteiger partial charge in [-0.15, -0.1) is 0 Å². The standard InChI is InChI=1S/C20H19NO4S/c1-14-7-9-16(10-8-14)26(23,24)17-11-18-19(12-17)25-20(22)21(18)13-15-5-3-2-4-6-15/h2-11,18-19H,12-13H2,1H3/t18-,19+/m0/s1. The van der Waals surface area contributed by atoms with Gasteiger partial charge in [0.25, 0.3) is 0 Å². The highest BCUT2D eigenvalue weighted by atomic mass is 32.2. The van der Waals surface area contributed by atoms with E-state index in [9.17, 15) is 13.2 Å². The Kier molecular flexibility index (Phi) is 4.07. The maximum Gasteiger partial charge on any atom is 0.411 e. The molecule has 0 spiro atoms. The van der Waals surface area contributed by atoms with Gasteiger partial charge in [0, 0.05) is 13.0 Å². The van der Waals surface area contributed by atoms with Crippen LogP contribution in [0.4, 0.5) is 4.79 Å². The maximum absolute atomic E-state index is 12.9. The molecule has 4 rings (SSSR count). The number of hydrogen-bond donors (Lipinski definition) is 0. The lowest BCUT2D eigenvalue weighted by Crippen LogP contribution is -2.32. The average Bonchev–Trinajstić information content (AvgIpc) is 3.16. The summed E-state index contributed by atoms with van der Waals surface area (Å²) in [6, 6.07) is 16.1. The van der Waals surface area contributed by atoms with Crippen LogP contribution in [0.25, 0.3) is 0 Å². The largest absolute Gasteiger partial charge is 0.443 e. The lowest BCUT2D eigenvalue weighted by atomic mass is 10.1. The fourth-order valence-corrected chi connectivity index (χ4v) is 4.92. The summed E-state index contributed by atoms with van der Waals surface area (Å²) in [4.78, 5) is 14.4. The molecular formula is C20H19NO4S. The van der Waals surface area contributed by atoms with E-state index in [-0.39, 0.29) is 17.4 Å². The minimum Gasteiger partial charge on any atom is -0.443 e. The molecule has 1 fully saturated rings. The van der Waals surface area contributed by atoms with E-state index in [1.54, 1.807) is 35.2 Å². The van der Waals surface area contributed by atoms with Crippen molar-refractivity contribution in [3.05, 3.63) is 76.7 Å². The van der Waals surface area contributed by atoms with Crippen LogP contribution in [0, 0.1) is 6.92 Å². The van der Waals surface area contributed by atoms with Crippen LogP contribution in [-0.4, -0.2) is 31.6 Å². The first-order valence-electron chi connectivity index (χ1n) is 8.49. The molecule has 1 aliphatic carbocycles. The smallest absolute Gasteiger partial charge is 0.411 e. The number of aryl methyl sites for hydroxylation is 1. The Morgan fingerprint density at radius 2 is 1.77 bits per heavy atom. The van der Waals surface area contributed by atoms with E-state index in [1.807, 2.05) is 37.3 Å². The van der Waals surface area contributed by atoms with Crippen molar-refractivity contribution in [1.29, 1.82) is 0 Å². The summed E-state index contributed by atoms with van der Waals surface area (Å²) < 4.78 is 31.2. The molecule has 0 saturated carbocycles. The molecule has 1 aliphatic heterocycles. The van der Waals surface area contributed by atoms with Crippen LogP contribution >= 0.6 is 0 Å². The zero-order valence-electron chi connectivity index (χ0n) is 14.3. The van der Waals surface area contributed by atoms with E-state index in [0.29, 0.717) is 11.4 Å². The van der Waals surface area contributed by atoms with Crippen molar-refractivity contribution in [3.8, 4) is 0 Å². The van der Waals surface area contributed by atoms with Crippen molar-refractivity contribution in [3.63, 3.8) is 0 Å². The fourth-order valence-electron chi connectivity index (χ4n) is 3.42. The van der Waals surface area contributed by atoms with Gasteiger partial charge in [-0.1, -0.05) is 48.0 Å². The van der Waals surface area contributed by atoms with Gasteiger partial charge in [-0.25, -0.2) is 13.2 Å². The number of benzene rings is 2. The highest BCUT2D eigenvalue weighted by Gasteiger charge is 2.46. The minimum absolute atomic E-state index is 0.220. The lowest BCUT2D eigenvalue weighted by Gasteiger charge is -2.18. The second-order valence-electron chi connectivity index (χ2n) is 6.68. The normalized spacial score (nSPS) is 22.1. The topological polar surface area (TPSA) is 63.7 Å².